The number of carbonyl (C=O) groups is 1. The predicted octanol–water partition coefficient (Wildman–Crippen LogP) is 0.185. The van der Waals surface area contributed by atoms with Crippen molar-refractivity contribution in [3.8, 4) is 0 Å². The third kappa shape index (κ3) is 3.69. The number of ether oxygens (including phenoxy) is 1. The van der Waals surface area contributed by atoms with Crippen LogP contribution in [0.15, 0.2) is 0 Å². The van der Waals surface area contributed by atoms with Crippen molar-refractivity contribution in [1.82, 2.24) is 9.03 Å². The molecule has 7 nitrogen and oxygen atoms in total. The van der Waals surface area contributed by atoms with Crippen LogP contribution in [0.5, 0.6) is 0 Å². The van der Waals surface area contributed by atoms with E-state index in [4.69, 9.17) is 9.84 Å². The van der Waals surface area contributed by atoms with Crippen LogP contribution in [-0.2, 0) is 19.7 Å². The van der Waals surface area contributed by atoms with E-state index in [-0.39, 0.29) is 25.2 Å². The van der Waals surface area contributed by atoms with E-state index in [0.717, 1.165) is 0 Å². The highest BCUT2D eigenvalue weighted by molar-refractivity contribution is 7.87. The lowest BCUT2D eigenvalue weighted by Gasteiger charge is -2.37. The van der Waals surface area contributed by atoms with Gasteiger partial charge in [-0.05, 0) is 32.6 Å². The van der Waals surface area contributed by atoms with E-state index < -0.39 is 22.1 Å². The van der Waals surface area contributed by atoms with Crippen LogP contribution >= 0.6 is 0 Å². The van der Waals surface area contributed by atoms with Crippen LogP contribution in [0.3, 0.4) is 0 Å². The van der Waals surface area contributed by atoms with Gasteiger partial charge in [-0.1, -0.05) is 0 Å². The van der Waals surface area contributed by atoms with Crippen LogP contribution in [-0.4, -0.2) is 55.6 Å². The number of aliphatic carboxylic acids is 1. The SMILES string of the molecule is CCOC1CC(NS(=O)(=O)N2CCC(C(=O)O)CC2)C1. The molecule has 1 aliphatic heterocycles. The molecule has 20 heavy (non-hydrogen) atoms. The lowest BCUT2D eigenvalue weighted by Crippen LogP contribution is -2.53. The maximum Gasteiger partial charge on any atom is 0.306 e. The largest absolute Gasteiger partial charge is 0.481 e. The Hall–Kier alpha value is -0.700. The number of nitrogens with one attached hydrogen (secondary N) is 1. The van der Waals surface area contributed by atoms with E-state index >= 15 is 0 Å². The molecule has 2 aliphatic rings. The molecule has 0 unspecified atom stereocenters. The first-order valence-electron chi connectivity index (χ1n) is 7.04. The van der Waals surface area contributed by atoms with Crippen LogP contribution < -0.4 is 4.72 Å². The average Bonchev–Trinajstić information content (AvgIpc) is 2.36. The van der Waals surface area contributed by atoms with Gasteiger partial charge in [0.25, 0.3) is 10.2 Å². The summed E-state index contributed by atoms with van der Waals surface area (Å²) in [6.07, 6.45) is 2.33. The van der Waals surface area contributed by atoms with E-state index in [0.29, 0.717) is 32.3 Å². The molecular weight excluding hydrogens is 284 g/mol. The maximum atomic E-state index is 12.2. The molecule has 0 bridgehead atoms. The Morgan fingerprint density at radius 2 is 1.95 bits per heavy atom. The Labute approximate surface area is 119 Å². The molecule has 0 aromatic carbocycles. The summed E-state index contributed by atoms with van der Waals surface area (Å²) in [4.78, 5) is 10.8. The van der Waals surface area contributed by atoms with Crippen molar-refractivity contribution in [2.24, 2.45) is 5.92 Å². The summed E-state index contributed by atoms with van der Waals surface area (Å²) >= 11 is 0. The monoisotopic (exact) mass is 306 g/mol. The van der Waals surface area contributed by atoms with Gasteiger partial charge >= 0.3 is 5.97 Å². The summed E-state index contributed by atoms with van der Waals surface area (Å²) in [6.45, 7) is 3.11. The van der Waals surface area contributed by atoms with E-state index in [1.54, 1.807) is 0 Å². The molecule has 1 heterocycles. The molecule has 0 aromatic heterocycles. The maximum absolute atomic E-state index is 12.2. The summed E-state index contributed by atoms with van der Waals surface area (Å²) in [5.41, 5.74) is 0. The van der Waals surface area contributed by atoms with Crippen molar-refractivity contribution in [1.29, 1.82) is 0 Å². The Kier molecular flexibility index (Phi) is 5.00. The third-order valence-electron chi connectivity index (χ3n) is 3.96. The minimum atomic E-state index is -3.50. The molecule has 0 radical (unpaired) electrons. The molecule has 1 saturated heterocycles. The van der Waals surface area contributed by atoms with Gasteiger partial charge < -0.3 is 9.84 Å². The molecule has 0 amide bonds. The first-order chi connectivity index (χ1) is 9.42. The summed E-state index contributed by atoms with van der Waals surface area (Å²) < 4.78 is 33.7. The average molecular weight is 306 g/mol. The summed E-state index contributed by atoms with van der Waals surface area (Å²) in [5.74, 6) is -1.26. The molecule has 2 fully saturated rings. The Morgan fingerprint density at radius 3 is 2.45 bits per heavy atom. The molecule has 8 heteroatoms. The van der Waals surface area contributed by atoms with Gasteiger partial charge in [-0.3, -0.25) is 4.79 Å². The first kappa shape index (κ1) is 15.7. The minimum Gasteiger partial charge on any atom is -0.481 e. The topological polar surface area (TPSA) is 95.9 Å². The molecule has 1 aliphatic carbocycles. The van der Waals surface area contributed by atoms with E-state index in [9.17, 15) is 13.2 Å². The highest BCUT2D eigenvalue weighted by atomic mass is 32.2. The molecule has 2 rings (SSSR count). The van der Waals surface area contributed by atoms with Gasteiger partial charge in [0, 0.05) is 25.7 Å². The molecule has 2 N–H and O–H groups in total. The van der Waals surface area contributed by atoms with Crippen LogP contribution in [0.4, 0.5) is 0 Å². The lowest BCUT2D eigenvalue weighted by atomic mass is 9.90. The number of carboxylic acids is 1. The third-order valence-corrected chi connectivity index (χ3v) is 5.63. The van der Waals surface area contributed by atoms with Crippen molar-refractivity contribution < 1.29 is 23.1 Å². The second kappa shape index (κ2) is 6.38. The summed E-state index contributed by atoms with van der Waals surface area (Å²) in [7, 11) is -3.50. The van der Waals surface area contributed by atoms with Crippen molar-refractivity contribution in [2.45, 2.75) is 44.8 Å². The fourth-order valence-corrected chi connectivity index (χ4v) is 4.12. The number of rotatable bonds is 6. The van der Waals surface area contributed by atoms with Crippen molar-refractivity contribution >= 4 is 16.2 Å². The number of hydrogen-bond donors (Lipinski definition) is 2. The number of nitrogens with zero attached hydrogens (tertiary/aromatic N) is 1. The smallest absolute Gasteiger partial charge is 0.306 e. The first-order valence-corrected chi connectivity index (χ1v) is 8.48. The van der Waals surface area contributed by atoms with E-state index in [1.807, 2.05) is 6.92 Å². The lowest BCUT2D eigenvalue weighted by molar-refractivity contribution is -0.142. The fraction of sp³-hybridized carbons (Fsp3) is 0.917. The highest BCUT2D eigenvalue weighted by Crippen LogP contribution is 2.25. The van der Waals surface area contributed by atoms with Gasteiger partial charge in [0.05, 0.1) is 12.0 Å². The van der Waals surface area contributed by atoms with Gasteiger partial charge in [-0.25, -0.2) is 0 Å². The Bertz CT molecular complexity index is 439. The van der Waals surface area contributed by atoms with Crippen molar-refractivity contribution in [3.63, 3.8) is 0 Å². The quantitative estimate of drug-likeness (QED) is 0.730. The van der Waals surface area contributed by atoms with Gasteiger partial charge in [0.2, 0.25) is 0 Å². The molecule has 1 saturated carbocycles. The molecular formula is C12H22N2O5S. The predicted molar refractivity (Wildman–Crippen MR) is 72.4 cm³/mol. The molecule has 0 atom stereocenters. The zero-order valence-corrected chi connectivity index (χ0v) is 12.4. The van der Waals surface area contributed by atoms with E-state index in [2.05, 4.69) is 4.72 Å². The van der Waals surface area contributed by atoms with Crippen molar-refractivity contribution in [2.75, 3.05) is 19.7 Å². The number of carboxylic acid groups (broad SMARTS) is 1. The number of piperidine rings is 1. The van der Waals surface area contributed by atoms with Gasteiger partial charge in [0.15, 0.2) is 0 Å². The van der Waals surface area contributed by atoms with Gasteiger partial charge in [-0.15, -0.1) is 0 Å². The van der Waals surface area contributed by atoms with Gasteiger partial charge in [-0.2, -0.15) is 17.4 Å². The Balaban J connectivity index is 1.79. The van der Waals surface area contributed by atoms with Crippen LogP contribution in [0.2, 0.25) is 0 Å². The fourth-order valence-electron chi connectivity index (χ4n) is 2.66. The summed E-state index contributed by atoms with van der Waals surface area (Å²) in [6, 6.07) is -0.0613. The van der Waals surface area contributed by atoms with Crippen LogP contribution in [0, 0.1) is 5.92 Å². The second-order valence-corrected chi connectivity index (χ2v) is 7.08. The zero-order valence-electron chi connectivity index (χ0n) is 11.6. The molecule has 0 aromatic rings. The molecule has 116 valence electrons. The van der Waals surface area contributed by atoms with Gasteiger partial charge in [0.1, 0.15) is 0 Å². The number of hydrogen-bond acceptors (Lipinski definition) is 4. The zero-order chi connectivity index (χ0) is 14.8. The Morgan fingerprint density at radius 1 is 1.35 bits per heavy atom. The molecule has 0 spiro atoms. The minimum absolute atomic E-state index is 0.0613. The van der Waals surface area contributed by atoms with Crippen LogP contribution in [0.25, 0.3) is 0 Å². The normalized spacial score (nSPS) is 29.1. The second-order valence-electron chi connectivity index (χ2n) is 5.38. The summed E-state index contributed by atoms with van der Waals surface area (Å²) in [5, 5.41) is 8.90. The van der Waals surface area contributed by atoms with Crippen molar-refractivity contribution in [3.05, 3.63) is 0 Å². The van der Waals surface area contributed by atoms with E-state index in [1.165, 1.54) is 4.31 Å². The highest BCUT2D eigenvalue weighted by Gasteiger charge is 2.36. The standard InChI is InChI=1S/C12H22N2O5S/c1-2-19-11-7-10(8-11)13-20(17,18)14-5-3-9(4-6-14)12(15)16/h9-11,13H,2-8H2,1H3,(H,15,16). The van der Waals surface area contributed by atoms with Crippen LogP contribution in [0.1, 0.15) is 32.6 Å².